The van der Waals surface area contributed by atoms with Gasteiger partial charge in [0.05, 0.1) is 17.0 Å². The lowest BCUT2D eigenvalue weighted by molar-refractivity contribution is -0.501. The van der Waals surface area contributed by atoms with Gasteiger partial charge in [-0.2, -0.15) is 4.40 Å². The molecule has 0 spiro atoms. The Balaban J connectivity index is 1.79. The minimum Gasteiger partial charge on any atom is -0.257 e. The maximum Gasteiger partial charge on any atom is 0.249 e. The Labute approximate surface area is 220 Å². The van der Waals surface area contributed by atoms with Crippen molar-refractivity contribution in [2.45, 2.75) is 116 Å². The second-order valence-electron chi connectivity index (χ2n) is 14.1. The van der Waals surface area contributed by atoms with E-state index in [1.165, 1.54) is 52.5 Å². The third kappa shape index (κ3) is 2.72. The number of allylic oxidation sites excluding steroid dienone is 1. The van der Waals surface area contributed by atoms with Gasteiger partial charge in [-0.15, -0.1) is 4.98 Å². The average molecular weight is 494 g/mol. The van der Waals surface area contributed by atoms with Gasteiger partial charge in [0, 0.05) is 22.7 Å². The predicted octanol–water partition coefficient (Wildman–Crippen LogP) is 7.83. The highest BCUT2D eigenvalue weighted by Crippen LogP contribution is 2.59. The Bertz CT molecular complexity index is 1670. The summed E-state index contributed by atoms with van der Waals surface area (Å²) >= 11 is 0. The molecule has 7 rings (SSSR count). The van der Waals surface area contributed by atoms with Gasteiger partial charge in [0.2, 0.25) is 11.5 Å². The Morgan fingerprint density at radius 1 is 1.03 bits per heavy atom. The van der Waals surface area contributed by atoms with Crippen LogP contribution in [0.1, 0.15) is 128 Å². The van der Waals surface area contributed by atoms with Crippen LogP contribution in [0.25, 0.3) is 33.2 Å². The molecule has 37 heavy (non-hydrogen) atoms. The predicted molar refractivity (Wildman–Crippen MR) is 153 cm³/mol. The van der Waals surface area contributed by atoms with Crippen LogP contribution in [-0.2, 0) is 16.4 Å². The molecule has 1 saturated carbocycles. The van der Waals surface area contributed by atoms with Crippen molar-refractivity contribution in [1.82, 2.24) is 14.5 Å². The normalized spacial score (nSPS) is 22.2. The Kier molecular flexibility index (Phi) is 4.43. The minimum absolute atomic E-state index is 0.0308. The van der Waals surface area contributed by atoms with Gasteiger partial charge < -0.3 is 0 Å². The van der Waals surface area contributed by atoms with Crippen molar-refractivity contribution >= 4 is 33.2 Å². The molecular weight excluding hydrogens is 452 g/mol. The molecule has 3 aromatic heterocycles. The standard InChI is InChI=1S/C33H41N4/c1-10-33(11-2)18(3)26-27-20-13-12-19(14-20)21(27)15-22-28(26)29-36(30(35-22)32(7,8)9)23-16-25(31(4,5)6)34-17-24(23)37(29)33/h15-17,19-20H,3,10-14H2,1-2,4-9H3/q+1. The van der Waals surface area contributed by atoms with Gasteiger partial charge in [0.25, 0.3) is 0 Å². The van der Waals surface area contributed by atoms with E-state index in [-0.39, 0.29) is 16.4 Å². The molecule has 4 heteroatoms. The first-order chi connectivity index (χ1) is 17.4. The van der Waals surface area contributed by atoms with Crippen LogP contribution in [0.15, 0.2) is 24.9 Å². The SMILES string of the molecule is C=C1c2c3c(cc4nc(C(C)(C)C)[n+]5c6cc(C(C)(C)C)ncc6n(c5c24)C1(CC)CC)C1CCC3C1. The summed E-state index contributed by atoms with van der Waals surface area (Å²) in [4.78, 5) is 10.5. The van der Waals surface area contributed by atoms with Crippen LogP contribution >= 0.6 is 0 Å². The fourth-order valence-corrected chi connectivity index (χ4v) is 8.06. The quantitative estimate of drug-likeness (QED) is 0.267. The summed E-state index contributed by atoms with van der Waals surface area (Å²) in [5.41, 5.74) is 11.6. The molecule has 1 fully saturated rings. The first-order valence-electron chi connectivity index (χ1n) is 14.4. The number of rotatable bonds is 2. The summed E-state index contributed by atoms with van der Waals surface area (Å²) in [7, 11) is 0. The van der Waals surface area contributed by atoms with E-state index >= 15 is 0 Å². The number of imidazole rings is 1. The second-order valence-corrected chi connectivity index (χ2v) is 14.1. The van der Waals surface area contributed by atoms with E-state index in [2.05, 4.69) is 82.7 Å². The molecule has 192 valence electrons. The molecule has 0 amide bonds. The van der Waals surface area contributed by atoms with Crippen LogP contribution in [0.3, 0.4) is 0 Å². The summed E-state index contributed by atoms with van der Waals surface area (Å²) in [6.45, 7) is 23.3. The van der Waals surface area contributed by atoms with E-state index in [4.69, 9.17) is 16.5 Å². The molecule has 4 heterocycles. The van der Waals surface area contributed by atoms with Gasteiger partial charge in [-0.1, -0.05) is 62.0 Å². The Morgan fingerprint density at radius 3 is 2.38 bits per heavy atom. The highest BCUT2D eigenvalue weighted by Gasteiger charge is 2.50. The van der Waals surface area contributed by atoms with Crippen molar-refractivity contribution in [2.75, 3.05) is 0 Å². The van der Waals surface area contributed by atoms with E-state index in [1.807, 2.05) is 0 Å². The summed E-state index contributed by atoms with van der Waals surface area (Å²) < 4.78 is 5.13. The van der Waals surface area contributed by atoms with Gasteiger partial charge in [0.15, 0.2) is 11.0 Å². The monoisotopic (exact) mass is 493 g/mol. The van der Waals surface area contributed by atoms with Crippen LogP contribution in [0.2, 0.25) is 0 Å². The van der Waals surface area contributed by atoms with Gasteiger partial charge in [-0.25, -0.2) is 4.57 Å². The molecule has 0 radical (unpaired) electrons. The number of nitrogens with zero attached hydrogens (tertiary/aromatic N) is 4. The molecule has 2 bridgehead atoms. The van der Waals surface area contributed by atoms with Crippen LogP contribution in [0.5, 0.6) is 0 Å². The molecule has 3 aliphatic rings. The van der Waals surface area contributed by atoms with Gasteiger partial charge in [-0.05, 0) is 66.7 Å². The number of benzene rings is 1. The lowest BCUT2D eigenvalue weighted by atomic mass is 9.73. The van der Waals surface area contributed by atoms with Crippen molar-refractivity contribution in [3.63, 3.8) is 0 Å². The van der Waals surface area contributed by atoms with Crippen LogP contribution < -0.4 is 4.40 Å². The van der Waals surface area contributed by atoms with Gasteiger partial charge >= 0.3 is 0 Å². The number of fused-ring (bicyclic) bond motifs is 9. The minimum atomic E-state index is -0.175. The van der Waals surface area contributed by atoms with Gasteiger partial charge in [-0.3, -0.25) is 4.98 Å². The van der Waals surface area contributed by atoms with Crippen molar-refractivity contribution < 1.29 is 4.40 Å². The maximum atomic E-state index is 5.51. The molecular formula is C33H41N4+. The largest absolute Gasteiger partial charge is 0.257 e. The molecule has 2 aliphatic carbocycles. The number of pyridine rings is 1. The zero-order chi connectivity index (χ0) is 26.2. The van der Waals surface area contributed by atoms with E-state index in [9.17, 15) is 0 Å². The molecule has 4 nitrogen and oxygen atoms in total. The fourth-order valence-electron chi connectivity index (χ4n) is 8.06. The highest BCUT2D eigenvalue weighted by molar-refractivity contribution is 6.07. The second kappa shape index (κ2) is 7.01. The van der Waals surface area contributed by atoms with Crippen LogP contribution in [0, 0.1) is 0 Å². The molecule has 2 unspecified atom stereocenters. The zero-order valence-corrected chi connectivity index (χ0v) is 23.9. The van der Waals surface area contributed by atoms with Crippen LogP contribution in [0.4, 0.5) is 0 Å². The summed E-state index contributed by atoms with van der Waals surface area (Å²) in [6, 6.07) is 4.80. The maximum absolute atomic E-state index is 5.51. The van der Waals surface area contributed by atoms with Crippen molar-refractivity contribution in [3.05, 3.63) is 53.1 Å². The number of aromatic nitrogens is 4. The van der Waals surface area contributed by atoms with E-state index in [0.717, 1.165) is 29.9 Å². The molecule has 1 aromatic carbocycles. The number of hydrogen-bond acceptors (Lipinski definition) is 2. The van der Waals surface area contributed by atoms with Gasteiger partial charge in [0.1, 0.15) is 11.1 Å². The molecule has 0 saturated heterocycles. The molecule has 4 aromatic rings. The highest BCUT2D eigenvalue weighted by atomic mass is 15.2. The first kappa shape index (κ1) is 23.4. The summed E-state index contributed by atoms with van der Waals surface area (Å²) in [5.74, 6) is 2.50. The van der Waals surface area contributed by atoms with E-state index in [0.29, 0.717) is 11.8 Å². The van der Waals surface area contributed by atoms with Crippen molar-refractivity contribution in [2.24, 2.45) is 0 Å². The average Bonchev–Trinajstić information content (AvgIpc) is 3.54. The van der Waals surface area contributed by atoms with E-state index < -0.39 is 0 Å². The van der Waals surface area contributed by atoms with Crippen molar-refractivity contribution in [3.8, 4) is 0 Å². The summed E-state index contributed by atoms with van der Waals surface area (Å²) in [6.07, 6.45) is 8.10. The molecule has 0 N–H and O–H groups in total. The van der Waals surface area contributed by atoms with Crippen molar-refractivity contribution in [1.29, 1.82) is 0 Å². The fraction of sp³-hybridized carbons (Fsp3) is 0.545. The molecule has 1 aliphatic heterocycles. The number of hydrogen-bond donors (Lipinski definition) is 0. The lowest BCUT2D eigenvalue weighted by Crippen LogP contribution is -2.42. The first-order valence-corrected chi connectivity index (χ1v) is 14.4. The van der Waals surface area contributed by atoms with E-state index in [1.54, 1.807) is 11.1 Å². The Morgan fingerprint density at radius 2 is 1.73 bits per heavy atom. The smallest absolute Gasteiger partial charge is 0.249 e. The van der Waals surface area contributed by atoms with Crippen LogP contribution in [-0.4, -0.2) is 14.5 Å². The lowest BCUT2D eigenvalue weighted by Gasteiger charge is -2.38. The Hall–Kier alpha value is -2.75. The zero-order valence-electron chi connectivity index (χ0n) is 23.9. The summed E-state index contributed by atoms with van der Waals surface area (Å²) in [5, 5.41) is 1.32. The molecule has 2 atom stereocenters. The topological polar surface area (TPSA) is 34.8 Å². The third-order valence-electron chi connectivity index (χ3n) is 9.99. The third-order valence-corrected chi connectivity index (χ3v) is 9.99.